The lowest BCUT2D eigenvalue weighted by molar-refractivity contribution is 0.704. The van der Waals surface area contributed by atoms with E-state index in [0.29, 0.717) is 11.8 Å². The van der Waals surface area contributed by atoms with Gasteiger partial charge in [-0.3, -0.25) is 0 Å². The molecule has 0 aromatic heterocycles. The quantitative estimate of drug-likeness (QED) is 0.533. The van der Waals surface area contributed by atoms with Crippen molar-refractivity contribution in [2.75, 3.05) is 0 Å². The summed E-state index contributed by atoms with van der Waals surface area (Å²) in [5.41, 5.74) is 13.6. The van der Waals surface area contributed by atoms with Crippen molar-refractivity contribution in [2.24, 2.45) is 5.92 Å². The zero-order valence-corrected chi connectivity index (χ0v) is 16.7. The highest BCUT2D eigenvalue weighted by Gasteiger charge is 2.36. The molecule has 5 rings (SSSR count). The summed E-state index contributed by atoms with van der Waals surface area (Å²) >= 11 is 0. The summed E-state index contributed by atoms with van der Waals surface area (Å²) in [4.78, 5) is 0. The number of aryl methyl sites for hydroxylation is 1. The minimum absolute atomic E-state index is 0.451. The zero-order valence-electron chi connectivity index (χ0n) is 16.7. The van der Waals surface area contributed by atoms with E-state index in [1.165, 1.54) is 52.7 Å². The van der Waals surface area contributed by atoms with Gasteiger partial charge in [-0.05, 0) is 61.0 Å². The van der Waals surface area contributed by atoms with Crippen molar-refractivity contribution in [1.82, 2.24) is 0 Å². The van der Waals surface area contributed by atoms with Crippen LogP contribution >= 0.6 is 0 Å². The number of benzene rings is 1. The second kappa shape index (κ2) is 6.37. The van der Waals surface area contributed by atoms with E-state index in [1.807, 2.05) is 0 Å². The topological polar surface area (TPSA) is 0 Å². The Balaban J connectivity index is 1.67. The van der Waals surface area contributed by atoms with Crippen LogP contribution in [0.4, 0.5) is 0 Å². The Labute approximate surface area is 163 Å². The zero-order chi connectivity index (χ0) is 18.5. The van der Waals surface area contributed by atoms with Crippen LogP contribution in [-0.4, -0.2) is 0 Å². The third-order valence-corrected chi connectivity index (χ3v) is 6.69. The van der Waals surface area contributed by atoms with Crippen LogP contribution in [0.25, 0.3) is 5.57 Å². The first-order valence-electron chi connectivity index (χ1n) is 10.5. The van der Waals surface area contributed by atoms with Gasteiger partial charge in [0, 0.05) is 11.8 Å². The predicted molar refractivity (Wildman–Crippen MR) is 116 cm³/mol. The average molecular weight is 353 g/mol. The number of hydrogen-bond acceptors (Lipinski definition) is 0. The number of hydrogen-bond donors (Lipinski definition) is 0. The van der Waals surface area contributed by atoms with Gasteiger partial charge in [-0.15, -0.1) is 0 Å². The van der Waals surface area contributed by atoms with Gasteiger partial charge in [-0.1, -0.05) is 90.3 Å². The Morgan fingerprint density at radius 2 is 2.00 bits per heavy atom. The third kappa shape index (κ3) is 2.65. The molecule has 0 aliphatic heterocycles. The molecule has 136 valence electrons. The molecule has 0 saturated heterocycles. The van der Waals surface area contributed by atoms with Crippen LogP contribution in [0, 0.1) is 12.8 Å². The molecule has 27 heavy (non-hydrogen) atoms. The van der Waals surface area contributed by atoms with Crippen molar-refractivity contribution in [3.63, 3.8) is 0 Å². The lowest BCUT2D eigenvalue weighted by atomic mass is 9.84. The van der Waals surface area contributed by atoms with E-state index < -0.39 is 0 Å². The summed E-state index contributed by atoms with van der Waals surface area (Å²) in [6, 6.07) is 7.10. The van der Waals surface area contributed by atoms with Crippen molar-refractivity contribution >= 4 is 5.57 Å². The Morgan fingerprint density at radius 1 is 1.11 bits per heavy atom. The van der Waals surface area contributed by atoms with Gasteiger partial charge < -0.3 is 0 Å². The first kappa shape index (κ1) is 16.8. The van der Waals surface area contributed by atoms with Crippen molar-refractivity contribution < 1.29 is 0 Å². The molecule has 0 bridgehead atoms. The summed E-state index contributed by atoms with van der Waals surface area (Å²) in [5, 5.41) is 0. The summed E-state index contributed by atoms with van der Waals surface area (Å²) in [5.74, 6) is 1.02. The SMILES string of the molecule is CCCC1=CC=C2c3cc(C)ccc3C3C=CC(C4=CC(C)=CC4)=C3CC12. The molecule has 0 N–H and O–H groups in total. The lowest BCUT2D eigenvalue weighted by Gasteiger charge is -2.20. The highest BCUT2D eigenvalue weighted by molar-refractivity contribution is 5.80. The van der Waals surface area contributed by atoms with Crippen LogP contribution in [0.15, 0.2) is 82.5 Å². The normalized spacial score (nSPS) is 25.4. The van der Waals surface area contributed by atoms with Crippen molar-refractivity contribution in [2.45, 2.75) is 52.4 Å². The van der Waals surface area contributed by atoms with Gasteiger partial charge in [0.05, 0.1) is 0 Å². The molecule has 4 aliphatic rings. The Kier molecular flexibility index (Phi) is 3.97. The molecule has 0 radical (unpaired) electrons. The van der Waals surface area contributed by atoms with Crippen molar-refractivity contribution in [3.05, 3.63) is 99.2 Å². The molecule has 0 saturated carbocycles. The van der Waals surface area contributed by atoms with Crippen LogP contribution < -0.4 is 0 Å². The maximum atomic E-state index is 2.46. The number of fused-ring (bicyclic) bond motifs is 5. The Bertz CT molecular complexity index is 1000. The molecule has 0 heteroatoms. The van der Waals surface area contributed by atoms with E-state index in [0.717, 1.165) is 6.42 Å². The van der Waals surface area contributed by atoms with Gasteiger partial charge >= 0.3 is 0 Å². The Morgan fingerprint density at radius 3 is 2.78 bits per heavy atom. The largest absolute Gasteiger partial charge is 0.0772 e. The summed E-state index contributed by atoms with van der Waals surface area (Å²) in [7, 11) is 0. The molecule has 1 aromatic carbocycles. The molecule has 0 nitrogen and oxygen atoms in total. The molecule has 0 amide bonds. The maximum Gasteiger partial charge on any atom is 0.0247 e. The Hall–Kier alpha value is -2.34. The summed E-state index contributed by atoms with van der Waals surface area (Å²) in [6.07, 6.45) is 19.2. The highest BCUT2D eigenvalue weighted by Crippen LogP contribution is 2.52. The smallest absolute Gasteiger partial charge is 0.0247 e. The molecular formula is C27H28. The van der Waals surface area contributed by atoms with E-state index >= 15 is 0 Å². The molecule has 1 aromatic rings. The fourth-order valence-electron chi connectivity index (χ4n) is 5.38. The van der Waals surface area contributed by atoms with E-state index in [-0.39, 0.29) is 0 Å². The molecule has 2 unspecified atom stereocenters. The van der Waals surface area contributed by atoms with Crippen LogP contribution in [0.5, 0.6) is 0 Å². The second-order valence-electron chi connectivity index (χ2n) is 8.56. The predicted octanol–water partition coefficient (Wildman–Crippen LogP) is 7.36. The van der Waals surface area contributed by atoms with Crippen LogP contribution in [0.3, 0.4) is 0 Å². The maximum absolute atomic E-state index is 2.46. The molecule has 0 spiro atoms. The number of allylic oxidation sites excluding steroid dienone is 12. The monoisotopic (exact) mass is 352 g/mol. The van der Waals surface area contributed by atoms with Gasteiger partial charge in [0.25, 0.3) is 0 Å². The third-order valence-electron chi connectivity index (χ3n) is 6.69. The molecule has 2 atom stereocenters. The van der Waals surface area contributed by atoms with Crippen molar-refractivity contribution in [3.8, 4) is 0 Å². The first-order valence-corrected chi connectivity index (χ1v) is 10.5. The summed E-state index contributed by atoms with van der Waals surface area (Å²) < 4.78 is 0. The van der Waals surface area contributed by atoms with Gasteiger partial charge in [0.1, 0.15) is 0 Å². The van der Waals surface area contributed by atoms with E-state index in [2.05, 4.69) is 75.4 Å². The molecular weight excluding hydrogens is 324 g/mol. The highest BCUT2D eigenvalue weighted by atomic mass is 14.4. The van der Waals surface area contributed by atoms with Gasteiger partial charge in [-0.2, -0.15) is 0 Å². The first-order chi connectivity index (χ1) is 13.2. The van der Waals surface area contributed by atoms with Gasteiger partial charge in [0.15, 0.2) is 0 Å². The molecule has 0 heterocycles. The average Bonchev–Trinajstić information content (AvgIpc) is 3.34. The van der Waals surface area contributed by atoms with Crippen LogP contribution in [-0.2, 0) is 0 Å². The fraction of sp³-hybridized carbons (Fsp3) is 0.333. The lowest BCUT2D eigenvalue weighted by Crippen LogP contribution is -2.05. The fourth-order valence-corrected chi connectivity index (χ4v) is 5.38. The van der Waals surface area contributed by atoms with E-state index in [9.17, 15) is 0 Å². The standard InChI is InChI=1S/C27H28/c1-4-5-19-9-11-24-25(19)16-27-21(20-8-6-17(2)14-20)12-13-23(27)22-10-7-18(3)15-26(22)24/h6-7,9-15,23,25H,4-5,8,16H2,1-3H3. The van der Waals surface area contributed by atoms with Crippen LogP contribution in [0.1, 0.15) is 62.1 Å². The minimum atomic E-state index is 0.451. The van der Waals surface area contributed by atoms with Crippen molar-refractivity contribution in [1.29, 1.82) is 0 Å². The summed E-state index contributed by atoms with van der Waals surface area (Å²) in [6.45, 7) is 6.75. The van der Waals surface area contributed by atoms with E-state index in [1.54, 1.807) is 16.7 Å². The number of rotatable bonds is 3. The molecule has 4 aliphatic carbocycles. The molecule has 0 fully saturated rings. The van der Waals surface area contributed by atoms with Gasteiger partial charge in [-0.25, -0.2) is 0 Å². The van der Waals surface area contributed by atoms with Gasteiger partial charge in [0.2, 0.25) is 0 Å². The minimum Gasteiger partial charge on any atom is -0.0772 e. The van der Waals surface area contributed by atoms with E-state index in [4.69, 9.17) is 0 Å². The van der Waals surface area contributed by atoms with Crippen LogP contribution in [0.2, 0.25) is 0 Å². The second-order valence-corrected chi connectivity index (χ2v) is 8.56.